The Hall–Kier alpha value is -2.31. The van der Waals surface area contributed by atoms with E-state index in [1.807, 2.05) is 30.3 Å². The molecule has 0 bridgehead atoms. The smallest absolute Gasteiger partial charge is 0.205 e. The molecule has 2 heterocycles. The normalized spacial score (nSPS) is 10.7. The highest BCUT2D eigenvalue weighted by atomic mass is 35.5. The first-order chi connectivity index (χ1) is 9.78. The number of nitrogens with zero attached hydrogens (tertiary/aromatic N) is 5. The van der Waals surface area contributed by atoms with Gasteiger partial charge in [0, 0.05) is 11.8 Å². The van der Waals surface area contributed by atoms with Crippen molar-refractivity contribution in [2.24, 2.45) is 0 Å². The third-order valence-electron chi connectivity index (χ3n) is 2.70. The third-order valence-corrected chi connectivity index (χ3v) is 2.97. The van der Waals surface area contributed by atoms with Crippen LogP contribution in [0.3, 0.4) is 0 Å². The minimum Gasteiger partial charge on any atom is -0.392 e. The summed E-state index contributed by atoms with van der Waals surface area (Å²) >= 11 is 6.10. The fourth-order valence-corrected chi connectivity index (χ4v) is 1.98. The number of hydrogen-bond donors (Lipinski definition) is 1. The number of aromatic nitrogens is 5. The summed E-state index contributed by atoms with van der Waals surface area (Å²) in [5.41, 5.74) is 1.49. The number of hydrogen-bond acceptors (Lipinski definition) is 5. The van der Waals surface area contributed by atoms with Gasteiger partial charge in [0.25, 0.3) is 0 Å². The van der Waals surface area contributed by atoms with E-state index in [4.69, 9.17) is 16.7 Å². The van der Waals surface area contributed by atoms with Gasteiger partial charge in [-0.25, -0.2) is 4.98 Å². The van der Waals surface area contributed by atoms with Gasteiger partial charge in [-0.3, -0.25) is 0 Å². The molecule has 0 atom stereocenters. The summed E-state index contributed by atoms with van der Waals surface area (Å²) in [6.45, 7) is -0.118. The van der Waals surface area contributed by atoms with Crippen LogP contribution in [0.1, 0.15) is 5.56 Å². The second-order valence-corrected chi connectivity index (χ2v) is 4.48. The van der Waals surface area contributed by atoms with E-state index in [2.05, 4.69) is 20.4 Å². The van der Waals surface area contributed by atoms with Crippen LogP contribution < -0.4 is 0 Å². The monoisotopic (exact) mass is 287 g/mol. The number of tetrazole rings is 1. The third kappa shape index (κ3) is 2.38. The standard InChI is InChI=1S/C13H10ClN5O/c14-11-6-9(8-20)7-15-13(11)19-17-12(16-18-19)10-4-2-1-3-5-10/h1-7,20H,8H2. The molecule has 1 N–H and O–H groups in total. The molecular formula is C13H10ClN5O. The molecule has 7 heteroatoms. The van der Waals surface area contributed by atoms with E-state index >= 15 is 0 Å². The lowest BCUT2D eigenvalue weighted by Gasteiger charge is -2.02. The molecule has 0 fully saturated rings. The molecule has 3 aromatic rings. The minimum absolute atomic E-state index is 0.118. The van der Waals surface area contributed by atoms with E-state index < -0.39 is 0 Å². The average molecular weight is 288 g/mol. The number of rotatable bonds is 3. The summed E-state index contributed by atoms with van der Waals surface area (Å²) in [4.78, 5) is 5.40. The van der Waals surface area contributed by atoms with Crippen molar-refractivity contribution >= 4 is 11.6 Å². The van der Waals surface area contributed by atoms with Gasteiger partial charge in [-0.1, -0.05) is 41.9 Å². The van der Waals surface area contributed by atoms with Gasteiger partial charge in [-0.2, -0.15) is 0 Å². The second-order valence-electron chi connectivity index (χ2n) is 4.08. The molecular weight excluding hydrogens is 278 g/mol. The van der Waals surface area contributed by atoms with Crippen LogP contribution in [0, 0.1) is 0 Å². The van der Waals surface area contributed by atoms with Gasteiger partial charge in [-0.15, -0.1) is 15.0 Å². The molecule has 6 nitrogen and oxygen atoms in total. The van der Waals surface area contributed by atoms with Crippen molar-refractivity contribution in [1.82, 2.24) is 25.2 Å². The Balaban J connectivity index is 1.98. The topological polar surface area (TPSA) is 76.7 Å². The molecule has 0 spiro atoms. The first-order valence-electron chi connectivity index (χ1n) is 5.89. The van der Waals surface area contributed by atoms with Gasteiger partial charge in [0.1, 0.15) is 0 Å². The van der Waals surface area contributed by atoms with Gasteiger partial charge < -0.3 is 5.11 Å². The highest BCUT2D eigenvalue weighted by Crippen LogP contribution is 2.19. The summed E-state index contributed by atoms with van der Waals surface area (Å²) in [6.07, 6.45) is 1.52. The molecule has 0 unspecified atom stereocenters. The van der Waals surface area contributed by atoms with E-state index in [0.29, 0.717) is 22.2 Å². The highest BCUT2D eigenvalue weighted by molar-refractivity contribution is 6.32. The fourth-order valence-electron chi connectivity index (χ4n) is 1.71. The molecule has 2 aromatic heterocycles. The van der Waals surface area contributed by atoms with Crippen LogP contribution in [0.2, 0.25) is 5.02 Å². The number of pyridine rings is 1. The molecule has 0 radical (unpaired) electrons. The quantitative estimate of drug-likeness (QED) is 0.796. The molecule has 0 aliphatic heterocycles. The molecule has 0 saturated heterocycles. The largest absolute Gasteiger partial charge is 0.392 e. The summed E-state index contributed by atoms with van der Waals surface area (Å²) < 4.78 is 0. The first kappa shape index (κ1) is 12.7. The van der Waals surface area contributed by atoms with Gasteiger partial charge in [0.15, 0.2) is 5.82 Å². The zero-order chi connectivity index (χ0) is 13.9. The lowest BCUT2D eigenvalue weighted by atomic mass is 10.2. The Morgan fingerprint density at radius 1 is 1.20 bits per heavy atom. The van der Waals surface area contributed by atoms with Crippen molar-refractivity contribution < 1.29 is 5.11 Å². The average Bonchev–Trinajstić information content (AvgIpc) is 2.97. The molecule has 0 aliphatic carbocycles. The Kier molecular flexibility index (Phi) is 3.41. The van der Waals surface area contributed by atoms with Crippen molar-refractivity contribution in [3.8, 4) is 17.2 Å². The van der Waals surface area contributed by atoms with E-state index in [1.54, 1.807) is 6.07 Å². The van der Waals surface area contributed by atoms with E-state index in [9.17, 15) is 0 Å². The molecule has 100 valence electrons. The Labute approximate surface area is 119 Å². The summed E-state index contributed by atoms with van der Waals surface area (Å²) in [5.74, 6) is 0.869. The van der Waals surface area contributed by atoms with Crippen LogP contribution in [0.4, 0.5) is 0 Å². The maximum Gasteiger partial charge on any atom is 0.205 e. The van der Waals surface area contributed by atoms with E-state index in [-0.39, 0.29) is 6.61 Å². The maximum atomic E-state index is 9.03. The first-order valence-corrected chi connectivity index (χ1v) is 6.27. The number of benzene rings is 1. The SMILES string of the molecule is OCc1cnc(-n2nnc(-c3ccccc3)n2)c(Cl)c1. The Bertz CT molecular complexity index is 729. The summed E-state index contributed by atoms with van der Waals surface area (Å²) in [5, 5.41) is 21.6. The van der Waals surface area contributed by atoms with E-state index in [0.717, 1.165) is 5.56 Å². The van der Waals surface area contributed by atoms with Gasteiger partial charge >= 0.3 is 0 Å². The van der Waals surface area contributed by atoms with Crippen molar-refractivity contribution in [2.75, 3.05) is 0 Å². The minimum atomic E-state index is -0.118. The zero-order valence-electron chi connectivity index (χ0n) is 10.3. The van der Waals surface area contributed by atoms with Crippen LogP contribution in [0.5, 0.6) is 0 Å². The van der Waals surface area contributed by atoms with Crippen LogP contribution >= 0.6 is 11.6 Å². The lowest BCUT2D eigenvalue weighted by molar-refractivity contribution is 0.281. The fraction of sp³-hybridized carbons (Fsp3) is 0.0769. The number of aliphatic hydroxyl groups excluding tert-OH is 1. The van der Waals surface area contributed by atoms with Crippen LogP contribution in [0.15, 0.2) is 42.6 Å². The molecule has 1 aromatic carbocycles. The number of halogens is 1. The van der Waals surface area contributed by atoms with Crippen molar-refractivity contribution in [1.29, 1.82) is 0 Å². The summed E-state index contributed by atoms with van der Waals surface area (Å²) in [6, 6.07) is 11.1. The Morgan fingerprint density at radius 3 is 2.70 bits per heavy atom. The van der Waals surface area contributed by atoms with E-state index in [1.165, 1.54) is 11.0 Å². The van der Waals surface area contributed by atoms with Crippen molar-refractivity contribution in [3.05, 3.63) is 53.2 Å². The van der Waals surface area contributed by atoms with Gasteiger partial charge in [0.05, 0.1) is 11.6 Å². The van der Waals surface area contributed by atoms with Gasteiger partial charge in [-0.05, 0) is 16.8 Å². The Morgan fingerprint density at radius 2 is 2.00 bits per heavy atom. The van der Waals surface area contributed by atoms with Crippen LogP contribution in [-0.2, 0) is 6.61 Å². The second kappa shape index (κ2) is 5.36. The lowest BCUT2D eigenvalue weighted by Crippen LogP contribution is -2.03. The van der Waals surface area contributed by atoms with Crippen LogP contribution in [0.25, 0.3) is 17.2 Å². The molecule has 3 rings (SSSR count). The molecule has 0 aliphatic rings. The van der Waals surface area contributed by atoms with Crippen LogP contribution in [-0.4, -0.2) is 30.3 Å². The predicted molar refractivity (Wildman–Crippen MR) is 73.3 cm³/mol. The predicted octanol–water partition coefficient (Wildman–Crippen LogP) is 1.87. The summed E-state index contributed by atoms with van der Waals surface area (Å²) in [7, 11) is 0. The highest BCUT2D eigenvalue weighted by Gasteiger charge is 2.11. The number of aliphatic hydroxyl groups is 1. The molecule has 20 heavy (non-hydrogen) atoms. The van der Waals surface area contributed by atoms with Crippen molar-refractivity contribution in [2.45, 2.75) is 6.61 Å². The molecule has 0 saturated carbocycles. The molecule has 0 amide bonds. The zero-order valence-corrected chi connectivity index (χ0v) is 11.1. The van der Waals surface area contributed by atoms with Crippen molar-refractivity contribution in [3.63, 3.8) is 0 Å². The maximum absolute atomic E-state index is 9.03. The van der Waals surface area contributed by atoms with Gasteiger partial charge in [0.2, 0.25) is 5.82 Å².